The van der Waals surface area contributed by atoms with E-state index in [1.807, 2.05) is 10.6 Å². The molecule has 0 amide bonds. The van der Waals surface area contributed by atoms with Crippen molar-refractivity contribution in [1.82, 2.24) is 14.5 Å². The Morgan fingerprint density at radius 3 is 2.89 bits per heavy atom. The fraction of sp³-hybridized carbons (Fsp3) is 0.476. The Morgan fingerprint density at radius 1 is 1.21 bits per heavy atom. The molecule has 2 atom stereocenters. The van der Waals surface area contributed by atoms with Gasteiger partial charge in [-0.15, -0.1) is 11.3 Å². The molecule has 1 fully saturated rings. The quantitative estimate of drug-likeness (QED) is 0.738. The summed E-state index contributed by atoms with van der Waals surface area (Å²) in [6.45, 7) is 7.50. The largest absolute Gasteiger partial charge is 0.355 e. The molecule has 5 rings (SSSR count). The maximum Gasteiger partial charge on any atom is 0.250 e. The molecule has 1 saturated heterocycles. The molecule has 0 unspecified atom stereocenters. The zero-order valence-corrected chi connectivity index (χ0v) is 17.1. The number of aromatic nitrogens is 3. The molecule has 146 valence electrons. The fourth-order valence-corrected chi connectivity index (χ4v) is 5.85. The molecular weight excluding hydrogens is 370 g/mol. The van der Waals surface area contributed by atoms with Gasteiger partial charge in [0.15, 0.2) is 0 Å². The molecule has 28 heavy (non-hydrogen) atoms. The monoisotopic (exact) mass is 395 g/mol. The van der Waals surface area contributed by atoms with Crippen LogP contribution in [0.15, 0.2) is 23.0 Å². The summed E-state index contributed by atoms with van der Waals surface area (Å²) in [4.78, 5) is 26.8. The lowest BCUT2D eigenvalue weighted by Gasteiger charge is -2.43. The number of aryl methyl sites for hydroxylation is 2. The van der Waals surface area contributed by atoms with Crippen molar-refractivity contribution in [1.29, 1.82) is 0 Å². The molecule has 0 aliphatic carbocycles. The van der Waals surface area contributed by atoms with Gasteiger partial charge in [0, 0.05) is 48.6 Å². The van der Waals surface area contributed by atoms with Gasteiger partial charge in [-0.25, -0.2) is 9.97 Å². The number of nitrogens with two attached hydrogens (primary N) is 1. The summed E-state index contributed by atoms with van der Waals surface area (Å²) in [5.41, 5.74) is 8.36. The van der Waals surface area contributed by atoms with Crippen LogP contribution in [0.3, 0.4) is 0 Å². The van der Waals surface area contributed by atoms with Crippen LogP contribution in [-0.2, 0) is 13.0 Å². The number of hydrogen-bond acceptors (Lipinski definition) is 6. The van der Waals surface area contributed by atoms with Crippen molar-refractivity contribution in [2.24, 2.45) is 11.7 Å². The lowest BCUT2D eigenvalue weighted by atomic mass is 9.83. The highest BCUT2D eigenvalue weighted by Gasteiger charge is 2.36. The normalized spacial score (nSPS) is 21.2. The van der Waals surface area contributed by atoms with Crippen molar-refractivity contribution in [2.75, 3.05) is 24.5 Å². The number of anilines is 1. The third-order valence-corrected chi connectivity index (χ3v) is 7.30. The third kappa shape index (κ3) is 2.76. The van der Waals surface area contributed by atoms with Crippen LogP contribution in [0.5, 0.6) is 0 Å². The summed E-state index contributed by atoms with van der Waals surface area (Å²) in [5, 5.41) is 1.19. The van der Waals surface area contributed by atoms with E-state index >= 15 is 0 Å². The van der Waals surface area contributed by atoms with Crippen molar-refractivity contribution < 1.29 is 0 Å². The molecular formula is C21H25N5OS. The van der Waals surface area contributed by atoms with Gasteiger partial charge in [-0.3, -0.25) is 4.79 Å². The molecule has 6 nitrogen and oxygen atoms in total. The first kappa shape index (κ1) is 17.8. The van der Waals surface area contributed by atoms with Crippen LogP contribution in [0.2, 0.25) is 0 Å². The first-order valence-electron chi connectivity index (χ1n) is 9.96. The van der Waals surface area contributed by atoms with Gasteiger partial charge >= 0.3 is 0 Å². The number of thiophene rings is 1. The van der Waals surface area contributed by atoms with Crippen molar-refractivity contribution in [3.63, 3.8) is 0 Å². The molecule has 2 bridgehead atoms. The summed E-state index contributed by atoms with van der Waals surface area (Å²) in [5.74, 6) is 2.72. The Morgan fingerprint density at radius 2 is 2.07 bits per heavy atom. The van der Waals surface area contributed by atoms with E-state index < -0.39 is 0 Å². The SMILES string of the molecule is Cc1sc2nc(CCN)nc(N3C[C@@H]4C[C@H](C3)c3cccc(=O)n3C4)c2c1C. The highest BCUT2D eigenvalue weighted by atomic mass is 32.1. The minimum atomic E-state index is 0.125. The molecule has 2 N–H and O–H groups in total. The number of nitrogens with zero attached hydrogens (tertiary/aromatic N) is 4. The Balaban J connectivity index is 1.61. The molecule has 0 radical (unpaired) electrons. The Kier molecular flexibility index (Phi) is 4.25. The second-order valence-corrected chi connectivity index (χ2v) is 9.27. The molecule has 7 heteroatoms. The highest BCUT2D eigenvalue weighted by molar-refractivity contribution is 7.18. The average Bonchev–Trinajstić information content (AvgIpc) is 2.96. The Bertz CT molecular complexity index is 1120. The van der Waals surface area contributed by atoms with E-state index in [1.54, 1.807) is 17.4 Å². The summed E-state index contributed by atoms with van der Waals surface area (Å²) in [7, 11) is 0. The Labute approximate surface area is 168 Å². The number of rotatable bonds is 3. The number of piperidine rings is 1. The second kappa shape index (κ2) is 6.67. The van der Waals surface area contributed by atoms with Crippen LogP contribution in [0.25, 0.3) is 10.2 Å². The van der Waals surface area contributed by atoms with E-state index in [9.17, 15) is 4.79 Å². The van der Waals surface area contributed by atoms with Crippen LogP contribution in [0.4, 0.5) is 5.82 Å². The van der Waals surface area contributed by atoms with Crippen LogP contribution in [0.1, 0.15) is 34.3 Å². The van der Waals surface area contributed by atoms with Crippen molar-refractivity contribution in [3.05, 3.63) is 50.5 Å². The topological polar surface area (TPSA) is 77.0 Å². The fourth-order valence-electron chi connectivity index (χ4n) is 4.81. The first-order chi connectivity index (χ1) is 13.5. The van der Waals surface area contributed by atoms with Crippen molar-refractivity contribution >= 4 is 27.4 Å². The van der Waals surface area contributed by atoms with Gasteiger partial charge < -0.3 is 15.2 Å². The summed E-state index contributed by atoms with van der Waals surface area (Å²) >= 11 is 1.74. The molecule has 3 aromatic heterocycles. The van der Waals surface area contributed by atoms with E-state index in [4.69, 9.17) is 15.7 Å². The summed E-state index contributed by atoms with van der Waals surface area (Å²) in [6.07, 6.45) is 1.84. The molecule has 0 aromatic carbocycles. The van der Waals surface area contributed by atoms with Crippen molar-refractivity contribution in [2.45, 2.75) is 39.2 Å². The number of pyridine rings is 1. The van der Waals surface area contributed by atoms with Crippen LogP contribution in [0, 0.1) is 19.8 Å². The van der Waals surface area contributed by atoms with E-state index in [0.29, 0.717) is 24.8 Å². The molecule has 3 aromatic rings. The van der Waals surface area contributed by atoms with E-state index in [2.05, 4.69) is 24.8 Å². The van der Waals surface area contributed by atoms with Gasteiger partial charge in [0.25, 0.3) is 5.56 Å². The lowest BCUT2D eigenvalue weighted by molar-refractivity contribution is 0.281. The minimum Gasteiger partial charge on any atom is -0.355 e. The van der Waals surface area contributed by atoms with Gasteiger partial charge in [-0.2, -0.15) is 0 Å². The zero-order chi connectivity index (χ0) is 19.4. The molecule has 2 aliphatic heterocycles. The number of fused-ring (bicyclic) bond motifs is 5. The van der Waals surface area contributed by atoms with Crippen molar-refractivity contribution in [3.8, 4) is 0 Å². The number of hydrogen-bond donors (Lipinski definition) is 1. The van der Waals surface area contributed by atoms with Crippen LogP contribution >= 0.6 is 11.3 Å². The first-order valence-corrected chi connectivity index (χ1v) is 10.8. The maximum absolute atomic E-state index is 12.3. The predicted molar refractivity (Wildman–Crippen MR) is 113 cm³/mol. The molecule has 2 aliphatic rings. The van der Waals surface area contributed by atoms with Crippen LogP contribution in [-0.4, -0.2) is 34.2 Å². The predicted octanol–water partition coefficient (Wildman–Crippen LogP) is 2.59. The molecule has 5 heterocycles. The smallest absolute Gasteiger partial charge is 0.250 e. The van der Waals surface area contributed by atoms with Gasteiger partial charge in [0.2, 0.25) is 0 Å². The zero-order valence-electron chi connectivity index (χ0n) is 16.3. The lowest BCUT2D eigenvalue weighted by Crippen LogP contribution is -2.47. The summed E-state index contributed by atoms with van der Waals surface area (Å²) < 4.78 is 1.98. The molecule has 0 spiro atoms. The Hall–Kier alpha value is -2.25. The molecule has 0 saturated carbocycles. The van der Waals surface area contributed by atoms with Crippen LogP contribution < -0.4 is 16.2 Å². The van der Waals surface area contributed by atoms with E-state index in [1.165, 1.54) is 21.5 Å². The van der Waals surface area contributed by atoms with E-state index in [0.717, 1.165) is 42.5 Å². The maximum atomic E-state index is 12.3. The highest BCUT2D eigenvalue weighted by Crippen LogP contribution is 2.40. The van der Waals surface area contributed by atoms with Gasteiger partial charge in [0.1, 0.15) is 16.5 Å². The third-order valence-electron chi connectivity index (χ3n) is 6.20. The van der Waals surface area contributed by atoms with Gasteiger partial charge in [-0.05, 0) is 44.4 Å². The van der Waals surface area contributed by atoms with Gasteiger partial charge in [0.05, 0.1) is 5.39 Å². The standard InChI is InChI=1S/C21H25N5OS/c1-12-13(2)28-21-19(12)20(23-17(24-21)6-7-22)25-9-14-8-15(11-25)16-4-3-5-18(27)26(16)10-14/h3-5,14-15H,6-11,22H2,1-2H3/t14-,15+/m0/s1. The summed E-state index contributed by atoms with van der Waals surface area (Å²) in [6, 6.07) is 5.68. The average molecular weight is 396 g/mol. The minimum absolute atomic E-state index is 0.125. The second-order valence-electron chi connectivity index (χ2n) is 8.07. The van der Waals surface area contributed by atoms with E-state index in [-0.39, 0.29) is 5.56 Å². The van der Waals surface area contributed by atoms with Gasteiger partial charge in [-0.1, -0.05) is 6.07 Å².